The van der Waals surface area contributed by atoms with Gasteiger partial charge in [-0.25, -0.2) is 0 Å². The zero-order chi connectivity index (χ0) is 11.4. The summed E-state index contributed by atoms with van der Waals surface area (Å²) in [5.74, 6) is -0.0325. The lowest BCUT2D eigenvalue weighted by Crippen LogP contribution is -2.43. The average Bonchev–Trinajstić information content (AvgIpc) is 2.30. The number of hydrogen-bond donors (Lipinski definition) is 2. The summed E-state index contributed by atoms with van der Waals surface area (Å²) in [4.78, 5) is 13.2. The Kier molecular flexibility index (Phi) is 3.41. The zero-order valence-electron chi connectivity index (χ0n) is 9.49. The largest absolute Gasteiger partial charge is 0.369 e. The third-order valence-corrected chi connectivity index (χ3v) is 2.67. The molecule has 1 aromatic rings. The van der Waals surface area contributed by atoms with Crippen molar-refractivity contribution in [2.24, 2.45) is 0 Å². The summed E-state index contributed by atoms with van der Waals surface area (Å²) in [6, 6.07) is 7.99. The minimum absolute atomic E-state index is 0.0325. The molecule has 1 aromatic carbocycles. The van der Waals surface area contributed by atoms with Crippen molar-refractivity contribution in [2.75, 3.05) is 36.4 Å². The molecule has 0 bridgehead atoms. The van der Waals surface area contributed by atoms with E-state index in [-0.39, 0.29) is 5.91 Å². The van der Waals surface area contributed by atoms with Crippen LogP contribution in [0.4, 0.5) is 11.4 Å². The number of benzene rings is 1. The summed E-state index contributed by atoms with van der Waals surface area (Å²) in [7, 11) is 0. The molecular formula is C12H17N3O. The minimum atomic E-state index is -0.0325. The third kappa shape index (κ3) is 2.73. The molecule has 4 nitrogen and oxygen atoms in total. The van der Waals surface area contributed by atoms with E-state index in [1.54, 1.807) is 0 Å². The normalized spacial score (nSPS) is 15.9. The molecule has 0 unspecified atom stereocenters. The smallest absolute Gasteiger partial charge is 0.221 e. The molecule has 0 atom stereocenters. The highest BCUT2D eigenvalue weighted by molar-refractivity contribution is 5.88. The van der Waals surface area contributed by atoms with Gasteiger partial charge in [0.2, 0.25) is 5.91 Å². The van der Waals surface area contributed by atoms with E-state index in [0.717, 1.165) is 31.9 Å². The van der Waals surface area contributed by atoms with Crippen LogP contribution in [0.2, 0.25) is 0 Å². The van der Waals surface area contributed by atoms with Gasteiger partial charge in [-0.3, -0.25) is 4.79 Å². The first-order chi connectivity index (χ1) is 7.75. The van der Waals surface area contributed by atoms with E-state index in [1.165, 1.54) is 12.6 Å². The Labute approximate surface area is 95.6 Å². The molecule has 2 rings (SSSR count). The number of carbonyl (C=O) groups is 1. The summed E-state index contributed by atoms with van der Waals surface area (Å²) >= 11 is 0. The number of anilines is 2. The summed E-state index contributed by atoms with van der Waals surface area (Å²) in [5, 5.41) is 6.09. The molecule has 0 aliphatic carbocycles. The zero-order valence-corrected chi connectivity index (χ0v) is 9.49. The molecule has 1 fully saturated rings. The van der Waals surface area contributed by atoms with Crippen LogP contribution in [-0.2, 0) is 4.79 Å². The van der Waals surface area contributed by atoms with Crippen LogP contribution in [0.3, 0.4) is 0 Å². The number of rotatable bonds is 2. The molecular weight excluding hydrogens is 202 g/mol. The van der Waals surface area contributed by atoms with Gasteiger partial charge in [0.15, 0.2) is 0 Å². The first-order valence-electron chi connectivity index (χ1n) is 5.59. The van der Waals surface area contributed by atoms with Crippen molar-refractivity contribution >= 4 is 17.3 Å². The lowest BCUT2D eigenvalue weighted by molar-refractivity contribution is -0.114. The quantitative estimate of drug-likeness (QED) is 0.781. The van der Waals surface area contributed by atoms with Crippen molar-refractivity contribution in [1.82, 2.24) is 5.32 Å². The molecule has 4 heteroatoms. The van der Waals surface area contributed by atoms with Gasteiger partial charge in [0.25, 0.3) is 0 Å². The fourth-order valence-electron chi connectivity index (χ4n) is 1.88. The number of piperazine rings is 1. The highest BCUT2D eigenvalue weighted by Crippen LogP contribution is 2.18. The Morgan fingerprint density at radius 1 is 1.25 bits per heavy atom. The summed E-state index contributed by atoms with van der Waals surface area (Å²) in [5.41, 5.74) is 2.07. The molecule has 1 heterocycles. The molecule has 0 spiro atoms. The number of carbonyl (C=O) groups excluding carboxylic acids is 1. The highest BCUT2D eigenvalue weighted by Gasteiger charge is 2.09. The summed E-state index contributed by atoms with van der Waals surface area (Å²) < 4.78 is 0. The second-order valence-corrected chi connectivity index (χ2v) is 3.97. The van der Waals surface area contributed by atoms with Crippen molar-refractivity contribution in [2.45, 2.75) is 6.92 Å². The van der Waals surface area contributed by atoms with Crippen LogP contribution in [0.15, 0.2) is 24.3 Å². The van der Waals surface area contributed by atoms with E-state index in [4.69, 9.17) is 0 Å². The van der Waals surface area contributed by atoms with E-state index in [1.807, 2.05) is 12.1 Å². The monoisotopic (exact) mass is 219 g/mol. The molecule has 1 aliphatic heterocycles. The minimum Gasteiger partial charge on any atom is -0.369 e. The molecule has 86 valence electrons. The predicted molar refractivity (Wildman–Crippen MR) is 65.8 cm³/mol. The number of amides is 1. The third-order valence-electron chi connectivity index (χ3n) is 2.67. The van der Waals surface area contributed by atoms with Gasteiger partial charge in [0, 0.05) is 44.5 Å². The number of nitrogens with one attached hydrogen (secondary N) is 2. The van der Waals surface area contributed by atoms with Crippen molar-refractivity contribution in [3.63, 3.8) is 0 Å². The molecule has 0 radical (unpaired) electrons. The van der Waals surface area contributed by atoms with Crippen LogP contribution >= 0.6 is 0 Å². The van der Waals surface area contributed by atoms with Gasteiger partial charge in [-0.15, -0.1) is 0 Å². The standard InChI is InChI=1S/C12H17N3O/c1-10(16)14-11-2-4-12(5-3-11)15-8-6-13-7-9-15/h2-5,13H,6-9H2,1H3,(H,14,16). The van der Waals surface area contributed by atoms with Gasteiger partial charge >= 0.3 is 0 Å². The van der Waals surface area contributed by atoms with E-state index in [9.17, 15) is 4.79 Å². The van der Waals surface area contributed by atoms with Crippen molar-refractivity contribution in [3.8, 4) is 0 Å². The fourth-order valence-corrected chi connectivity index (χ4v) is 1.88. The first-order valence-corrected chi connectivity index (χ1v) is 5.59. The maximum atomic E-state index is 10.9. The lowest BCUT2D eigenvalue weighted by Gasteiger charge is -2.29. The van der Waals surface area contributed by atoms with Gasteiger partial charge in [-0.2, -0.15) is 0 Å². The molecule has 1 saturated heterocycles. The second kappa shape index (κ2) is 4.99. The molecule has 1 aliphatic rings. The molecule has 2 N–H and O–H groups in total. The van der Waals surface area contributed by atoms with E-state index in [2.05, 4.69) is 27.7 Å². The summed E-state index contributed by atoms with van der Waals surface area (Å²) in [6.45, 7) is 5.67. The van der Waals surface area contributed by atoms with Crippen LogP contribution in [0.5, 0.6) is 0 Å². The Balaban J connectivity index is 2.03. The van der Waals surface area contributed by atoms with Crippen LogP contribution in [0.1, 0.15) is 6.92 Å². The van der Waals surface area contributed by atoms with Crippen LogP contribution in [-0.4, -0.2) is 32.1 Å². The topological polar surface area (TPSA) is 44.4 Å². The van der Waals surface area contributed by atoms with Gasteiger partial charge in [0.05, 0.1) is 0 Å². The first kappa shape index (κ1) is 11.0. The van der Waals surface area contributed by atoms with Crippen LogP contribution in [0.25, 0.3) is 0 Å². The molecule has 0 aromatic heterocycles. The van der Waals surface area contributed by atoms with Gasteiger partial charge < -0.3 is 15.5 Å². The number of hydrogen-bond acceptors (Lipinski definition) is 3. The Bertz CT molecular complexity index is 355. The Morgan fingerprint density at radius 2 is 1.88 bits per heavy atom. The summed E-state index contributed by atoms with van der Waals surface area (Å²) in [6.07, 6.45) is 0. The second-order valence-electron chi connectivity index (χ2n) is 3.97. The SMILES string of the molecule is CC(=O)Nc1ccc(N2CCNCC2)cc1. The van der Waals surface area contributed by atoms with Crippen LogP contribution < -0.4 is 15.5 Å². The Hall–Kier alpha value is -1.55. The predicted octanol–water partition coefficient (Wildman–Crippen LogP) is 1.05. The number of nitrogens with zero attached hydrogens (tertiary/aromatic N) is 1. The Morgan fingerprint density at radius 3 is 2.44 bits per heavy atom. The van der Waals surface area contributed by atoms with Crippen molar-refractivity contribution in [1.29, 1.82) is 0 Å². The average molecular weight is 219 g/mol. The van der Waals surface area contributed by atoms with Crippen LogP contribution in [0, 0.1) is 0 Å². The maximum absolute atomic E-state index is 10.9. The van der Waals surface area contributed by atoms with Gasteiger partial charge in [-0.1, -0.05) is 0 Å². The molecule has 0 saturated carbocycles. The molecule has 16 heavy (non-hydrogen) atoms. The highest BCUT2D eigenvalue weighted by atomic mass is 16.1. The fraction of sp³-hybridized carbons (Fsp3) is 0.417. The van der Waals surface area contributed by atoms with Gasteiger partial charge in [0.1, 0.15) is 0 Å². The van der Waals surface area contributed by atoms with E-state index < -0.39 is 0 Å². The van der Waals surface area contributed by atoms with Crippen molar-refractivity contribution in [3.05, 3.63) is 24.3 Å². The lowest BCUT2D eigenvalue weighted by atomic mass is 10.2. The van der Waals surface area contributed by atoms with E-state index >= 15 is 0 Å². The molecule has 1 amide bonds. The maximum Gasteiger partial charge on any atom is 0.221 e. The van der Waals surface area contributed by atoms with E-state index in [0.29, 0.717) is 0 Å². The van der Waals surface area contributed by atoms with Gasteiger partial charge in [-0.05, 0) is 24.3 Å². The van der Waals surface area contributed by atoms with Crippen molar-refractivity contribution < 1.29 is 4.79 Å².